The minimum atomic E-state index is -4.71. The van der Waals surface area contributed by atoms with Gasteiger partial charge in [-0.3, -0.25) is 0 Å². The third-order valence-corrected chi connectivity index (χ3v) is 5.65. The zero-order valence-corrected chi connectivity index (χ0v) is 9.65. The van der Waals surface area contributed by atoms with Crippen molar-refractivity contribution in [2.75, 3.05) is 6.54 Å². The lowest BCUT2D eigenvalue weighted by Crippen LogP contribution is -2.42. The van der Waals surface area contributed by atoms with E-state index in [2.05, 4.69) is 0 Å². The van der Waals surface area contributed by atoms with E-state index < -0.39 is 32.9 Å². The molecule has 7 heteroatoms. The average molecular weight is 259 g/mol. The van der Waals surface area contributed by atoms with E-state index in [1.807, 2.05) is 0 Å². The Hall–Kier alpha value is -0.300. The van der Waals surface area contributed by atoms with Crippen molar-refractivity contribution in [3.63, 3.8) is 0 Å². The van der Waals surface area contributed by atoms with Gasteiger partial charge in [-0.1, -0.05) is 12.8 Å². The molecule has 1 aliphatic rings. The summed E-state index contributed by atoms with van der Waals surface area (Å²) in [6.07, 6.45) is -3.17. The number of hydrogen-bond donors (Lipinski definition) is 1. The van der Waals surface area contributed by atoms with E-state index >= 15 is 0 Å². The van der Waals surface area contributed by atoms with Crippen LogP contribution in [0.15, 0.2) is 0 Å². The van der Waals surface area contributed by atoms with Crippen molar-refractivity contribution < 1.29 is 21.6 Å². The SMILES string of the molecule is NCCC(C(F)(F)F)S(=O)(=O)C1CCCC1. The van der Waals surface area contributed by atoms with Crippen LogP contribution in [0.1, 0.15) is 32.1 Å². The van der Waals surface area contributed by atoms with Crippen LogP contribution in [0, 0.1) is 0 Å². The number of sulfone groups is 1. The van der Waals surface area contributed by atoms with Crippen molar-refractivity contribution in [2.24, 2.45) is 5.73 Å². The number of nitrogens with two attached hydrogens (primary N) is 1. The Labute approximate surface area is 93.1 Å². The summed E-state index contributed by atoms with van der Waals surface area (Å²) >= 11 is 0. The Balaban J connectivity index is 2.92. The highest BCUT2D eigenvalue weighted by molar-refractivity contribution is 7.92. The number of rotatable bonds is 4. The molecule has 1 saturated carbocycles. The lowest BCUT2D eigenvalue weighted by molar-refractivity contribution is -0.131. The lowest BCUT2D eigenvalue weighted by atomic mass is 10.3. The van der Waals surface area contributed by atoms with Gasteiger partial charge in [-0.05, 0) is 25.8 Å². The van der Waals surface area contributed by atoms with E-state index in [0.29, 0.717) is 25.7 Å². The van der Waals surface area contributed by atoms with Crippen LogP contribution >= 0.6 is 0 Å². The highest BCUT2D eigenvalue weighted by atomic mass is 32.2. The van der Waals surface area contributed by atoms with Gasteiger partial charge in [0.25, 0.3) is 0 Å². The molecule has 1 atom stereocenters. The summed E-state index contributed by atoms with van der Waals surface area (Å²) in [5, 5.41) is -3.11. The predicted molar refractivity (Wildman–Crippen MR) is 54.7 cm³/mol. The molecule has 0 heterocycles. The molecule has 0 spiro atoms. The Morgan fingerprint density at radius 1 is 1.25 bits per heavy atom. The maximum atomic E-state index is 12.6. The average Bonchev–Trinajstić information content (AvgIpc) is 2.64. The zero-order chi connectivity index (χ0) is 12.4. The molecular weight excluding hydrogens is 243 g/mol. The van der Waals surface area contributed by atoms with Crippen LogP contribution in [0.4, 0.5) is 13.2 Å². The van der Waals surface area contributed by atoms with Crippen LogP contribution < -0.4 is 5.73 Å². The van der Waals surface area contributed by atoms with Gasteiger partial charge in [-0.15, -0.1) is 0 Å². The fraction of sp³-hybridized carbons (Fsp3) is 1.00. The first kappa shape index (κ1) is 13.8. The maximum absolute atomic E-state index is 12.6. The van der Waals surface area contributed by atoms with Crippen molar-refractivity contribution in [3.05, 3.63) is 0 Å². The molecule has 3 nitrogen and oxygen atoms in total. The Kier molecular flexibility index (Phi) is 4.23. The Bertz CT molecular complexity index is 320. The molecule has 16 heavy (non-hydrogen) atoms. The van der Waals surface area contributed by atoms with E-state index in [1.165, 1.54) is 0 Å². The molecule has 0 amide bonds. The van der Waals surface area contributed by atoms with E-state index in [9.17, 15) is 21.6 Å². The van der Waals surface area contributed by atoms with Crippen LogP contribution in [-0.2, 0) is 9.84 Å². The molecule has 1 unspecified atom stereocenters. The van der Waals surface area contributed by atoms with Gasteiger partial charge >= 0.3 is 6.18 Å². The van der Waals surface area contributed by atoms with E-state index in [-0.39, 0.29) is 6.54 Å². The monoisotopic (exact) mass is 259 g/mol. The first-order chi connectivity index (χ1) is 7.30. The van der Waals surface area contributed by atoms with Gasteiger partial charge < -0.3 is 5.73 Å². The van der Waals surface area contributed by atoms with Crippen LogP contribution in [0.5, 0.6) is 0 Å². The summed E-state index contributed by atoms with van der Waals surface area (Å²) in [4.78, 5) is 0. The largest absolute Gasteiger partial charge is 0.405 e. The standard InChI is InChI=1S/C9H16F3NO2S/c10-9(11,12)8(5-6-13)16(14,15)7-3-1-2-4-7/h7-8H,1-6,13H2. The van der Waals surface area contributed by atoms with Gasteiger partial charge in [-0.25, -0.2) is 8.42 Å². The normalized spacial score (nSPS) is 21.2. The fourth-order valence-corrected chi connectivity index (χ4v) is 4.41. The molecule has 0 aromatic heterocycles. The van der Waals surface area contributed by atoms with Gasteiger partial charge in [0, 0.05) is 0 Å². The summed E-state index contributed by atoms with van der Waals surface area (Å²) in [5.74, 6) is 0. The van der Waals surface area contributed by atoms with Crippen LogP contribution in [0.2, 0.25) is 0 Å². The van der Waals surface area contributed by atoms with Crippen LogP contribution in [-0.4, -0.2) is 31.6 Å². The summed E-state index contributed by atoms with van der Waals surface area (Å²) < 4.78 is 61.5. The fourth-order valence-electron chi connectivity index (χ4n) is 2.11. The summed E-state index contributed by atoms with van der Waals surface area (Å²) in [5.41, 5.74) is 5.06. The highest BCUT2D eigenvalue weighted by Gasteiger charge is 2.50. The second kappa shape index (κ2) is 4.91. The molecule has 0 aromatic carbocycles. The van der Waals surface area contributed by atoms with Crippen LogP contribution in [0.25, 0.3) is 0 Å². The van der Waals surface area contributed by atoms with Gasteiger partial charge in [0.15, 0.2) is 15.1 Å². The van der Waals surface area contributed by atoms with Crippen molar-refractivity contribution >= 4 is 9.84 Å². The molecule has 0 aromatic rings. The summed E-state index contributed by atoms with van der Waals surface area (Å²) in [7, 11) is -4.13. The minimum Gasteiger partial charge on any atom is -0.330 e. The quantitative estimate of drug-likeness (QED) is 0.834. The maximum Gasteiger partial charge on any atom is 0.405 e. The molecular formula is C9H16F3NO2S. The molecule has 1 fully saturated rings. The summed E-state index contributed by atoms with van der Waals surface area (Å²) in [6, 6.07) is 0. The van der Waals surface area contributed by atoms with Gasteiger partial charge in [0.05, 0.1) is 5.25 Å². The Morgan fingerprint density at radius 2 is 1.75 bits per heavy atom. The van der Waals surface area contributed by atoms with E-state index in [0.717, 1.165) is 0 Å². The molecule has 0 saturated heterocycles. The minimum absolute atomic E-state index is 0.268. The molecule has 1 aliphatic carbocycles. The number of hydrogen-bond acceptors (Lipinski definition) is 3. The molecule has 0 aliphatic heterocycles. The molecule has 0 bridgehead atoms. The second-order valence-corrected chi connectivity index (χ2v) is 6.52. The topological polar surface area (TPSA) is 60.2 Å². The van der Waals surface area contributed by atoms with Crippen molar-refractivity contribution in [2.45, 2.75) is 48.8 Å². The van der Waals surface area contributed by atoms with Crippen molar-refractivity contribution in [3.8, 4) is 0 Å². The van der Waals surface area contributed by atoms with Gasteiger partial charge in [0.2, 0.25) is 0 Å². The summed E-state index contributed by atoms with van der Waals surface area (Å²) in [6.45, 7) is -0.268. The first-order valence-corrected chi connectivity index (χ1v) is 6.90. The number of alkyl halides is 3. The molecule has 1 rings (SSSR count). The van der Waals surface area contributed by atoms with E-state index in [4.69, 9.17) is 5.73 Å². The second-order valence-electron chi connectivity index (χ2n) is 4.10. The van der Waals surface area contributed by atoms with Crippen LogP contribution in [0.3, 0.4) is 0 Å². The van der Waals surface area contributed by atoms with Gasteiger partial charge in [0.1, 0.15) is 0 Å². The predicted octanol–water partition coefficient (Wildman–Crippen LogP) is 1.62. The van der Waals surface area contributed by atoms with Crippen molar-refractivity contribution in [1.82, 2.24) is 0 Å². The molecule has 96 valence electrons. The smallest absolute Gasteiger partial charge is 0.330 e. The third-order valence-electron chi connectivity index (χ3n) is 2.96. The number of halogens is 3. The third kappa shape index (κ3) is 2.88. The molecule has 0 radical (unpaired) electrons. The van der Waals surface area contributed by atoms with Crippen molar-refractivity contribution in [1.29, 1.82) is 0 Å². The zero-order valence-electron chi connectivity index (χ0n) is 8.83. The van der Waals surface area contributed by atoms with E-state index in [1.54, 1.807) is 0 Å². The molecule has 2 N–H and O–H groups in total. The van der Waals surface area contributed by atoms with Gasteiger partial charge in [-0.2, -0.15) is 13.2 Å². The highest BCUT2D eigenvalue weighted by Crippen LogP contribution is 2.35. The first-order valence-electron chi connectivity index (χ1n) is 5.29. The lowest BCUT2D eigenvalue weighted by Gasteiger charge is -2.23. The Morgan fingerprint density at radius 3 is 2.12 bits per heavy atom.